The van der Waals surface area contributed by atoms with Gasteiger partial charge in [-0.2, -0.15) is 0 Å². The molecule has 2 nitrogen and oxygen atoms in total. The molecule has 0 bridgehead atoms. The number of benzene rings is 1. The fourth-order valence-corrected chi connectivity index (χ4v) is 1.29. The van der Waals surface area contributed by atoms with Gasteiger partial charge in [0.1, 0.15) is 0 Å². The normalized spacial score (nSPS) is 10.1. The summed E-state index contributed by atoms with van der Waals surface area (Å²) in [5.41, 5.74) is 1.77. The molecule has 3 heteroatoms. The SMILES string of the molecule is OBc1cccc2cccnc12. The van der Waals surface area contributed by atoms with Crippen molar-refractivity contribution in [3.63, 3.8) is 0 Å². The molecule has 0 aliphatic heterocycles. The summed E-state index contributed by atoms with van der Waals surface area (Å²) < 4.78 is 0. The van der Waals surface area contributed by atoms with Gasteiger partial charge in [0.25, 0.3) is 0 Å². The molecule has 0 aliphatic rings. The van der Waals surface area contributed by atoms with Crippen LogP contribution in [0.2, 0.25) is 0 Å². The van der Waals surface area contributed by atoms with Crippen LogP contribution in [-0.2, 0) is 0 Å². The fourth-order valence-electron chi connectivity index (χ4n) is 1.29. The minimum atomic E-state index is 0.0500. The zero-order valence-electron chi connectivity index (χ0n) is 6.57. The van der Waals surface area contributed by atoms with Crippen LogP contribution >= 0.6 is 0 Å². The monoisotopic (exact) mass is 157 g/mol. The molecule has 0 saturated carbocycles. The molecule has 0 amide bonds. The Kier molecular flexibility index (Phi) is 1.80. The molecule has 0 unspecified atom stereocenters. The van der Waals surface area contributed by atoms with Crippen LogP contribution in [0, 0.1) is 0 Å². The van der Waals surface area contributed by atoms with Gasteiger partial charge in [-0.15, -0.1) is 0 Å². The van der Waals surface area contributed by atoms with Crippen LogP contribution in [-0.4, -0.2) is 17.5 Å². The van der Waals surface area contributed by atoms with E-state index in [1.165, 1.54) is 0 Å². The average molecular weight is 157 g/mol. The lowest BCUT2D eigenvalue weighted by atomic mass is 9.87. The van der Waals surface area contributed by atoms with Crippen LogP contribution in [0.3, 0.4) is 0 Å². The maximum atomic E-state index is 9.00. The molecule has 1 heterocycles. The highest BCUT2D eigenvalue weighted by atomic mass is 16.2. The van der Waals surface area contributed by atoms with Gasteiger partial charge in [0, 0.05) is 6.20 Å². The minimum Gasteiger partial charge on any atom is -0.449 e. The van der Waals surface area contributed by atoms with Crippen LogP contribution in [0.15, 0.2) is 36.5 Å². The molecule has 0 radical (unpaired) electrons. The summed E-state index contributed by atoms with van der Waals surface area (Å²) in [5.74, 6) is 0. The maximum Gasteiger partial charge on any atom is 0.306 e. The average Bonchev–Trinajstić information content (AvgIpc) is 2.17. The highest BCUT2D eigenvalue weighted by Gasteiger charge is 1.99. The van der Waals surface area contributed by atoms with Gasteiger partial charge < -0.3 is 5.02 Å². The van der Waals surface area contributed by atoms with Crippen molar-refractivity contribution in [2.75, 3.05) is 0 Å². The van der Waals surface area contributed by atoms with E-state index < -0.39 is 0 Å². The molecular formula is C9H8BNO. The zero-order chi connectivity index (χ0) is 8.39. The Bertz CT molecular complexity index is 397. The molecule has 2 aromatic rings. The van der Waals surface area contributed by atoms with Crippen LogP contribution in [0.25, 0.3) is 10.9 Å². The number of fused-ring (bicyclic) bond motifs is 1. The molecular weight excluding hydrogens is 149 g/mol. The van der Waals surface area contributed by atoms with E-state index in [-0.39, 0.29) is 7.48 Å². The quantitative estimate of drug-likeness (QED) is 0.600. The number of hydrogen-bond acceptors (Lipinski definition) is 2. The van der Waals surface area contributed by atoms with Gasteiger partial charge in [-0.1, -0.05) is 24.3 Å². The van der Waals surface area contributed by atoms with E-state index in [0.29, 0.717) is 0 Å². The Morgan fingerprint density at radius 3 is 2.83 bits per heavy atom. The van der Waals surface area contributed by atoms with E-state index in [4.69, 9.17) is 5.02 Å². The first-order valence-corrected chi connectivity index (χ1v) is 3.85. The maximum absolute atomic E-state index is 9.00. The molecule has 58 valence electrons. The van der Waals surface area contributed by atoms with Gasteiger partial charge in [-0.25, -0.2) is 0 Å². The summed E-state index contributed by atoms with van der Waals surface area (Å²) in [5, 5.41) is 10.1. The van der Waals surface area contributed by atoms with Crippen LogP contribution in [0.5, 0.6) is 0 Å². The molecule has 0 aliphatic carbocycles. The predicted molar refractivity (Wildman–Crippen MR) is 50.7 cm³/mol. The molecule has 1 aromatic carbocycles. The molecule has 0 saturated heterocycles. The van der Waals surface area contributed by atoms with E-state index >= 15 is 0 Å². The van der Waals surface area contributed by atoms with Crippen molar-refractivity contribution < 1.29 is 5.02 Å². The van der Waals surface area contributed by atoms with E-state index in [9.17, 15) is 0 Å². The predicted octanol–water partition coefficient (Wildman–Crippen LogP) is 0.204. The Hall–Kier alpha value is -1.35. The highest BCUT2D eigenvalue weighted by molar-refractivity contribution is 6.49. The number of hydrogen-bond donors (Lipinski definition) is 1. The fraction of sp³-hybridized carbons (Fsp3) is 0. The third-order valence-corrected chi connectivity index (χ3v) is 1.89. The first kappa shape index (κ1) is 7.31. The van der Waals surface area contributed by atoms with Crippen LogP contribution < -0.4 is 5.46 Å². The molecule has 0 spiro atoms. The van der Waals surface area contributed by atoms with Crippen molar-refractivity contribution in [3.05, 3.63) is 36.5 Å². The summed E-state index contributed by atoms with van der Waals surface area (Å²) in [6, 6.07) is 9.68. The van der Waals surface area contributed by atoms with E-state index in [1.54, 1.807) is 6.20 Å². The topological polar surface area (TPSA) is 33.1 Å². The number of aromatic nitrogens is 1. The summed E-state index contributed by atoms with van der Waals surface area (Å²) in [4.78, 5) is 4.19. The summed E-state index contributed by atoms with van der Waals surface area (Å²) in [7, 11) is 0.0500. The van der Waals surface area contributed by atoms with Crippen molar-refractivity contribution in [3.8, 4) is 0 Å². The molecule has 1 aromatic heterocycles. The van der Waals surface area contributed by atoms with Crippen molar-refractivity contribution in [1.29, 1.82) is 0 Å². The van der Waals surface area contributed by atoms with Crippen LogP contribution in [0.4, 0.5) is 0 Å². The lowest BCUT2D eigenvalue weighted by Gasteiger charge is -1.99. The highest BCUT2D eigenvalue weighted by Crippen LogP contribution is 2.06. The second-order valence-corrected chi connectivity index (χ2v) is 2.65. The smallest absolute Gasteiger partial charge is 0.306 e. The van der Waals surface area contributed by atoms with Gasteiger partial charge in [0.15, 0.2) is 0 Å². The van der Waals surface area contributed by atoms with Gasteiger partial charge in [0.05, 0.1) is 5.52 Å². The van der Waals surface area contributed by atoms with Crippen molar-refractivity contribution in [2.24, 2.45) is 0 Å². The van der Waals surface area contributed by atoms with E-state index in [0.717, 1.165) is 16.4 Å². The standard InChI is InChI=1S/C9H8BNO/c12-10-8-5-1-3-7-4-2-6-11-9(7)8/h1-6,10,12H. The lowest BCUT2D eigenvalue weighted by molar-refractivity contribution is 0.615. The second-order valence-electron chi connectivity index (χ2n) is 2.65. The van der Waals surface area contributed by atoms with E-state index in [1.807, 2.05) is 30.3 Å². The largest absolute Gasteiger partial charge is 0.449 e. The third-order valence-electron chi connectivity index (χ3n) is 1.89. The summed E-state index contributed by atoms with van der Waals surface area (Å²) in [6.07, 6.45) is 1.74. The van der Waals surface area contributed by atoms with Gasteiger partial charge in [0.2, 0.25) is 0 Å². The minimum absolute atomic E-state index is 0.0500. The molecule has 12 heavy (non-hydrogen) atoms. The summed E-state index contributed by atoms with van der Waals surface area (Å²) in [6.45, 7) is 0. The zero-order valence-corrected chi connectivity index (χ0v) is 6.57. The van der Waals surface area contributed by atoms with Gasteiger partial charge >= 0.3 is 7.48 Å². The van der Waals surface area contributed by atoms with Crippen molar-refractivity contribution in [2.45, 2.75) is 0 Å². The Morgan fingerprint density at radius 2 is 2.00 bits per heavy atom. The molecule has 0 atom stereocenters. The first-order chi connectivity index (χ1) is 5.92. The Labute approximate surface area is 71.1 Å². The van der Waals surface area contributed by atoms with Crippen molar-refractivity contribution >= 4 is 23.8 Å². The number of nitrogens with zero attached hydrogens (tertiary/aromatic N) is 1. The Balaban J connectivity index is 2.79. The number of rotatable bonds is 1. The van der Waals surface area contributed by atoms with Gasteiger partial charge in [-0.05, 0) is 16.9 Å². The van der Waals surface area contributed by atoms with Crippen molar-refractivity contribution in [1.82, 2.24) is 4.98 Å². The Morgan fingerprint density at radius 1 is 1.17 bits per heavy atom. The third kappa shape index (κ3) is 1.08. The molecule has 0 fully saturated rings. The molecule has 2 rings (SSSR count). The number of pyridine rings is 1. The van der Waals surface area contributed by atoms with Gasteiger partial charge in [-0.3, -0.25) is 4.98 Å². The van der Waals surface area contributed by atoms with Crippen LogP contribution in [0.1, 0.15) is 0 Å². The van der Waals surface area contributed by atoms with E-state index in [2.05, 4.69) is 4.98 Å². The second kappa shape index (κ2) is 2.95. The number of para-hydroxylation sites is 1. The summed E-state index contributed by atoms with van der Waals surface area (Å²) >= 11 is 0. The lowest BCUT2D eigenvalue weighted by Crippen LogP contribution is -2.14. The molecule has 1 N–H and O–H groups in total. The first-order valence-electron chi connectivity index (χ1n) is 3.85.